The van der Waals surface area contributed by atoms with Gasteiger partial charge in [-0.3, -0.25) is 14.4 Å². The highest BCUT2D eigenvalue weighted by atomic mass is 16.2. The summed E-state index contributed by atoms with van der Waals surface area (Å²) in [6.07, 6.45) is 14.6. The van der Waals surface area contributed by atoms with Gasteiger partial charge in [0.2, 0.25) is 11.8 Å². The van der Waals surface area contributed by atoms with Gasteiger partial charge < -0.3 is 16.0 Å². The molecule has 0 radical (unpaired) electrons. The minimum atomic E-state index is -0.0910. The van der Waals surface area contributed by atoms with Crippen molar-refractivity contribution in [2.75, 3.05) is 20.1 Å². The lowest BCUT2D eigenvalue weighted by atomic mass is 10.1. The van der Waals surface area contributed by atoms with Crippen molar-refractivity contribution in [3.05, 3.63) is 0 Å². The number of hydrogen-bond donors (Lipinski definition) is 3. The fourth-order valence-corrected chi connectivity index (χ4v) is 3.34. The van der Waals surface area contributed by atoms with Crippen molar-refractivity contribution < 1.29 is 14.4 Å². The van der Waals surface area contributed by atoms with Crippen molar-refractivity contribution >= 4 is 17.6 Å². The summed E-state index contributed by atoms with van der Waals surface area (Å²) >= 11 is 0. The summed E-state index contributed by atoms with van der Waals surface area (Å²) in [5, 5.41) is 8.69. The van der Waals surface area contributed by atoms with E-state index in [0.717, 1.165) is 32.1 Å². The van der Waals surface area contributed by atoms with E-state index in [4.69, 9.17) is 0 Å². The number of unbranched alkanes of at least 4 members (excludes halogenated alkanes) is 9. The molecule has 0 heterocycles. The minimum Gasteiger partial charge on any atom is -0.356 e. The van der Waals surface area contributed by atoms with Crippen molar-refractivity contribution in [3.63, 3.8) is 0 Å². The van der Waals surface area contributed by atoms with Crippen LogP contribution in [0.3, 0.4) is 0 Å². The lowest BCUT2D eigenvalue weighted by molar-refractivity contribution is -0.122. The molecule has 1 atom stereocenters. The van der Waals surface area contributed by atoms with E-state index in [1.54, 1.807) is 14.0 Å². The lowest BCUT2D eigenvalue weighted by Crippen LogP contribution is -2.33. The average Bonchev–Trinajstić information content (AvgIpc) is 2.69. The fourth-order valence-electron chi connectivity index (χ4n) is 3.34. The quantitative estimate of drug-likeness (QED) is 0.265. The highest BCUT2D eigenvalue weighted by Gasteiger charge is 2.10. The van der Waals surface area contributed by atoms with Crippen LogP contribution in [0.25, 0.3) is 0 Å². The highest BCUT2D eigenvalue weighted by Crippen LogP contribution is 2.10. The van der Waals surface area contributed by atoms with Gasteiger partial charge in [-0.05, 0) is 39.7 Å². The van der Waals surface area contributed by atoms with E-state index in [2.05, 4.69) is 22.9 Å². The van der Waals surface area contributed by atoms with Crippen LogP contribution < -0.4 is 16.0 Å². The number of Topliss-reactive ketones (excluding diaryl/α,β-unsaturated/α-hetero) is 1. The maximum atomic E-state index is 11.8. The van der Waals surface area contributed by atoms with Crippen molar-refractivity contribution in [2.45, 2.75) is 110 Å². The van der Waals surface area contributed by atoms with Gasteiger partial charge in [-0.2, -0.15) is 0 Å². The molecule has 0 saturated carbocycles. The molecule has 0 aromatic carbocycles. The average molecular weight is 412 g/mol. The van der Waals surface area contributed by atoms with Gasteiger partial charge >= 0.3 is 0 Å². The molecule has 1 unspecified atom stereocenters. The Kier molecular flexibility index (Phi) is 18.9. The molecular weight excluding hydrogens is 366 g/mol. The normalized spacial score (nSPS) is 11.8. The van der Waals surface area contributed by atoms with E-state index >= 15 is 0 Å². The molecule has 2 amide bonds. The Morgan fingerprint density at radius 3 is 1.83 bits per heavy atom. The molecule has 0 aliphatic rings. The SMILES string of the molecule is CCCCCCCCCCCC(=O)NCCC(=O)NCCCCC(NC)C(C)=O. The molecule has 3 N–H and O–H groups in total. The van der Waals surface area contributed by atoms with Crippen LogP contribution in [0, 0.1) is 0 Å². The monoisotopic (exact) mass is 411 g/mol. The molecule has 0 saturated heterocycles. The standard InChI is InChI=1S/C23H45N3O3/c1-4-5-6-7-8-9-10-11-12-16-22(28)26-19-17-23(29)25-18-14-13-15-21(24-3)20(2)27/h21,24H,4-19H2,1-3H3,(H,25,29)(H,26,28). The molecule has 0 aliphatic carbocycles. The van der Waals surface area contributed by atoms with Crippen LogP contribution in [-0.4, -0.2) is 43.8 Å². The third-order valence-corrected chi connectivity index (χ3v) is 5.26. The molecule has 29 heavy (non-hydrogen) atoms. The zero-order valence-electron chi connectivity index (χ0n) is 19.1. The van der Waals surface area contributed by atoms with Gasteiger partial charge in [0.25, 0.3) is 0 Å². The zero-order chi connectivity index (χ0) is 21.7. The van der Waals surface area contributed by atoms with Gasteiger partial charge in [0.05, 0.1) is 6.04 Å². The number of amides is 2. The molecule has 0 aromatic heterocycles. The number of carbonyl (C=O) groups is 3. The Morgan fingerprint density at radius 1 is 0.690 bits per heavy atom. The number of hydrogen-bond acceptors (Lipinski definition) is 4. The number of carbonyl (C=O) groups excluding carboxylic acids is 3. The predicted octanol–water partition coefficient (Wildman–Crippen LogP) is 3.88. The van der Waals surface area contributed by atoms with Gasteiger partial charge in [-0.15, -0.1) is 0 Å². The minimum absolute atomic E-state index is 0.0369. The Morgan fingerprint density at radius 2 is 1.24 bits per heavy atom. The number of ketones is 1. The van der Waals surface area contributed by atoms with Gasteiger partial charge in [-0.25, -0.2) is 0 Å². The second kappa shape index (κ2) is 19.9. The maximum Gasteiger partial charge on any atom is 0.221 e. The van der Waals surface area contributed by atoms with E-state index in [0.29, 0.717) is 25.9 Å². The summed E-state index contributed by atoms with van der Waals surface area (Å²) in [4.78, 5) is 34.9. The smallest absolute Gasteiger partial charge is 0.221 e. The van der Waals surface area contributed by atoms with Crippen LogP contribution in [0.2, 0.25) is 0 Å². The summed E-state index contributed by atoms with van der Waals surface area (Å²) in [6.45, 7) is 4.83. The lowest BCUT2D eigenvalue weighted by Gasteiger charge is -2.12. The molecule has 0 bridgehead atoms. The first-order chi connectivity index (χ1) is 14.0. The second-order valence-electron chi connectivity index (χ2n) is 7.98. The van der Waals surface area contributed by atoms with Crippen molar-refractivity contribution in [1.82, 2.24) is 16.0 Å². The van der Waals surface area contributed by atoms with Crippen LogP contribution in [0.4, 0.5) is 0 Å². The summed E-state index contributed by atoms with van der Waals surface area (Å²) in [5.74, 6) is 0.155. The Bertz CT molecular complexity index is 441. The largest absolute Gasteiger partial charge is 0.356 e. The van der Waals surface area contributed by atoms with Crippen LogP contribution in [-0.2, 0) is 14.4 Å². The van der Waals surface area contributed by atoms with Crippen LogP contribution in [0.15, 0.2) is 0 Å². The summed E-state index contributed by atoms with van der Waals surface area (Å²) in [6, 6.07) is -0.0910. The number of rotatable bonds is 20. The first-order valence-electron chi connectivity index (χ1n) is 11.7. The second-order valence-corrected chi connectivity index (χ2v) is 7.98. The third kappa shape index (κ3) is 18.3. The van der Waals surface area contributed by atoms with Crippen molar-refractivity contribution in [3.8, 4) is 0 Å². The molecule has 0 rings (SSSR count). The van der Waals surface area contributed by atoms with E-state index < -0.39 is 0 Å². The fraction of sp³-hybridized carbons (Fsp3) is 0.870. The van der Waals surface area contributed by atoms with Crippen LogP contribution in [0.1, 0.15) is 104 Å². The maximum absolute atomic E-state index is 11.8. The third-order valence-electron chi connectivity index (χ3n) is 5.26. The van der Waals surface area contributed by atoms with Gasteiger partial charge in [0.1, 0.15) is 5.78 Å². The molecule has 0 aliphatic heterocycles. The van der Waals surface area contributed by atoms with E-state index in [-0.39, 0.29) is 23.6 Å². The highest BCUT2D eigenvalue weighted by molar-refractivity contribution is 5.81. The number of likely N-dealkylation sites (N-methyl/N-ethyl adjacent to an activating group) is 1. The predicted molar refractivity (Wildman–Crippen MR) is 120 cm³/mol. The zero-order valence-corrected chi connectivity index (χ0v) is 19.1. The van der Waals surface area contributed by atoms with Gasteiger partial charge in [-0.1, -0.05) is 58.3 Å². The molecule has 0 spiro atoms. The van der Waals surface area contributed by atoms with Crippen LogP contribution >= 0.6 is 0 Å². The van der Waals surface area contributed by atoms with E-state index in [1.165, 1.54) is 44.9 Å². The summed E-state index contributed by atoms with van der Waals surface area (Å²) in [7, 11) is 1.79. The topological polar surface area (TPSA) is 87.3 Å². The van der Waals surface area contributed by atoms with Crippen molar-refractivity contribution in [1.29, 1.82) is 0 Å². The Balaban J connectivity index is 3.46. The van der Waals surface area contributed by atoms with Crippen LogP contribution in [0.5, 0.6) is 0 Å². The molecule has 0 fully saturated rings. The summed E-state index contributed by atoms with van der Waals surface area (Å²) in [5.41, 5.74) is 0. The van der Waals surface area contributed by atoms with Gasteiger partial charge in [0, 0.05) is 25.9 Å². The molecule has 0 aromatic rings. The molecule has 6 nitrogen and oxygen atoms in total. The van der Waals surface area contributed by atoms with Crippen molar-refractivity contribution in [2.24, 2.45) is 0 Å². The first kappa shape index (κ1) is 27.6. The first-order valence-corrected chi connectivity index (χ1v) is 11.7. The Labute approximate surface area is 178 Å². The van der Waals surface area contributed by atoms with E-state index in [9.17, 15) is 14.4 Å². The molecule has 6 heteroatoms. The molecule has 170 valence electrons. The van der Waals surface area contributed by atoms with E-state index in [1.807, 2.05) is 0 Å². The molecular formula is C23H45N3O3. The summed E-state index contributed by atoms with van der Waals surface area (Å²) < 4.78 is 0. The van der Waals surface area contributed by atoms with Gasteiger partial charge in [0.15, 0.2) is 0 Å². The Hall–Kier alpha value is -1.43. The number of nitrogens with one attached hydrogen (secondary N) is 3.